The molecule has 0 amide bonds. The van der Waals surface area contributed by atoms with Crippen molar-refractivity contribution in [2.75, 3.05) is 23.7 Å². The smallest absolute Gasteiger partial charge is 0.0466 e. The molecule has 0 aliphatic carbocycles. The number of nitrogens with zero attached hydrogens (tertiary/aromatic N) is 1. The number of nitrogens with two attached hydrogens (primary N) is 1. The first-order valence-corrected chi connectivity index (χ1v) is 8.46. The van der Waals surface area contributed by atoms with Crippen molar-refractivity contribution >= 4 is 11.4 Å². The van der Waals surface area contributed by atoms with Crippen LogP contribution in [0, 0.1) is 0 Å². The van der Waals surface area contributed by atoms with Gasteiger partial charge in [0.1, 0.15) is 0 Å². The first kappa shape index (κ1) is 16.4. The number of nitrogen functional groups attached to an aromatic ring is 1. The minimum atomic E-state index is 0.863. The Hall–Kier alpha value is -1.96. The van der Waals surface area contributed by atoms with Crippen molar-refractivity contribution in [3.8, 4) is 11.1 Å². The Morgan fingerprint density at radius 1 is 0.818 bits per heavy atom. The van der Waals surface area contributed by atoms with Crippen LogP contribution < -0.4 is 10.6 Å². The van der Waals surface area contributed by atoms with Crippen LogP contribution in [-0.4, -0.2) is 13.1 Å². The molecule has 2 heteroatoms. The zero-order valence-corrected chi connectivity index (χ0v) is 13.9. The molecule has 0 unspecified atom stereocenters. The number of unbranched alkanes of at least 4 members (excludes halogenated alkanes) is 2. The molecule has 2 aromatic rings. The SMILES string of the molecule is CCCCN(CCCC)c1cccc(N)c1-c1ccccc1. The van der Waals surface area contributed by atoms with E-state index in [0.717, 1.165) is 18.8 Å². The maximum absolute atomic E-state index is 6.32. The van der Waals surface area contributed by atoms with Crippen LogP contribution in [0.15, 0.2) is 48.5 Å². The van der Waals surface area contributed by atoms with Crippen LogP contribution in [0.2, 0.25) is 0 Å². The fourth-order valence-electron chi connectivity index (χ4n) is 2.79. The van der Waals surface area contributed by atoms with Crippen molar-refractivity contribution in [2.45, 2.75) is 39.5 Å². The zero-order chi connectivity index (χ0) is 15.8. The van der Waals surface area contributed by atoms with Crippen LogP contribution in [0.5, 0.6) is 0 Å². The molecule has 0 atom stereocenters. The summed E-state index contributed by atoms with van der Waals surface area (Å²) in [7, 11) is 0. The van der Waals surface area contributed by atoms with Gasteiger partial charge in [0.05, 0.1) is 0 Å². The summed E-state index contributed by atoms with van der Waals surface area (Å²) in [5.41, 5.74) is 10.8. The quantitative estimate of drug-likeness (QED) is 0.666. The number of hydrogen-bond donors (Lipinski definition) is 1. The highest BCUT2D eigenvalue weighted by Gasteiger charge is 2.14. The maximum atomic E-state index is 6.32. The topological polar surface area (TPSA) is 29.3 Å². The van der Waals surface area contributed by atoms with Gasteiger partial charge in [0, 0.05) is 30.0 Å². The van der Waals surface area contributed by atoms with Gasteiger partial charge in [-0.05, 0) is 30.5 Å². The van der Waals surface area contributed by atoms with E-state index in [-0.39, 0.29) is 0 Å². The molecule has 0 aliphatic rings. The molecule has 0 radical (unpaired) electrons. The molecule has 0 saturated carbocycles. The average molecular weight is 296 g/mol. The second-order valence-electron chi connectivity index (χ2n) is 5.80. The van der Waals surface area contributed by atoms with E-state index in [1.54, 1.807) is 0 Å². The van der Waals surface area contributed by atoms with E-state index in [9.17, 15) is 0 Å². The van der Waals surface area contributed by atoms with Gasteiger partial charge in [-0.15, -0.1) is 0 Å². The predicted octanol–water partition coefficient (Wildman–Crippen LogP) is 5.34. The van der Waals surface area contributed by atoms with Crippen molar-refractivity contribution in [3.05, 3.63) is 48.5 Å². The van der Waals surface area contributed by atoms with Crippen LogP contribution in [0.25, 0.3) is 11.1 Å². The molecule has 2 rings (SSSR count). The first-order chi connectivity index (χ1) is 10.8. The molecule has 118 valence electrons. The predicted molar refractivity (Wildman–Crippen MR) is 98.3 cm³/mol. The number of rotatable bonds is 8. The highest BCUT2D eigenvalue weighted by atomic mass is 15.1. The summed E-state index contributed by atoms with van der Waals surface area (Å²) in [5.74, 6) is 0. The number of hydrogen-bond acceptors (Lipinski definition) is 2. The maximum Gasteiger partial charge on any atom is 0.0466 e. The summed E-state index contributed by atoms with van der Waals surface area (Å²) < 4.78 is 0. The van der Waals surface area contributed by atoms with Gasteiger partial charge in [-0.1, -0.05) is 63.1 Å². The van der Waals surface area contributed by atoms with Gasteiger partial charge in [0.2, 0.25) is 0 Å². The molecule has 2 nitrogen and oxygen atoms in total. The lowest BCUT2D eigenvalue weighted by Crippen LogP contribution is -2.26. The van der Waals surface area contributed by atoms with Gasteiger partial charge in [0.25, 0.3) is 0 Å². The molecule has 0 aliphatic heterocycles. The van der Waals surface area contributed by atoms with Gasteiger partial charge in [-0.2, -0.15) is 0 Å². The molecular formula is C20H28N2. The molecule has 0 spiro atoms. The van der Waals surface area contributed by atoms with Crippen molar-refractivity contribution < 1.29 is 0 Å². The summed E-state index contributed by atoms with van der Waals surface area (Å²) in [6.07, 6.45) is 4.86. The van der Waals surface area contributed by atoms with Crippen LogP contribution in [0.3, 0.4) is 0 Å². The average Bonchev–Trinajstić information content (AvgIpc) is 2.56. The number of anilines is 2. The van der Waals surface area contributed by atoms with Gasteiger partial charge in [0.15, 0.2) is 0 Å². The highest BCUT2D eigenvalue weighted by molar-refractivity contribution is 5.88. The third-order valence-electron chi connectivity index (χ3n) is 4.04. The summed E-state index contributed by atoms with van der Waals surface area (Å²) in [4.78, 5) is 2.51. The van der Waals surface area contributed by atoms with E-state index in [4.69, 9.17) is 5.73 Å². The minimum absolute atomic E-state index is 0.863. The first-order valence-electron chi connectivity index (χ1n) is 8.46. The van der Waals surface area contributed by atoms with Crippen LogP contribution in [0.1, 0.15) is 39.5 Å². The van der Waals surface area contributed by atoms with Gasteiger partial charge < -0.3 is 10.6 Å². The van der Waals surface area contributed by atoms with Crippen molar-refractivity contribution in [3.63, 3.8) is 0 Å². The Morgan fingerprint density at radius 2 is 1.45 bits per heavy atom. The van der Waals surface area contributed by atoms with E-state index in [2.05, 4.69) is 55.1 Å². The summed E-state index contributed by atoms with van der Waals surface area (Å²) >= 11 is 0. The molecule has 2 aromatic carbocycles. The molecule has 0 saturated heterocycles. The van der Waals surface area contributed by atoms with Crippen LogP contribution in [0.4, 0.5) is 11.4 Å². The second-order valence-corrected chi connectivity index (χ2v) is 5.80. The molecule has 0 bridgehead atoms. The largest absolute Gasteiger partial charge is 0.398 e. The Kier molecular flexibility index (Phi) is 6.32. The van der Waals surface area contributed by atoms with Gasteiger partial charge in [-0.25, -0.2) is 0 Å². The Morgan fingerprint density at radius 3 is 2.05 bits per heavy atom. The Bertz CT molecular complexity index is 555. The van der Waals surface area contributed by atoms with Crippen LogP contribution in [-0.2, 0) is 0 Å². The third-order valence-corrected chi connectivity index (χ3v) is 4.04. The number of benzene rings is 2. The lowest BCUT2D eigenvalue weighted by atomic mass is 10.0. The summed E-state index contributed by atoms with van der Waals surface area (Å²) in [6, 6.07) is 16.8. The fourth-order valence-corrected chi connectivity index (χ4v) is 2.79. The van der Waals surface area contributed by atoms with Crippen molar-refractivity contribution in [1.82, 2.24) is 0 Å². The van der Waals surface area contributed by atoms with E-state index in [1.165, 1.54) is 42.5 Å². The zero-order valence-electron chi connectivity index (χ0n) is 13.9. The minimum Gasteiger partial charge on any atom is -0.398 e. The Balaban J connectivity index is 2.41. The van der Waals surface area contributed by atoms with E-state index >= 15 is 0 Å². The standard InChI is InChI=1S/C20H28N2/c1-3-5-15-22(16-6-4-2)19-14-10-13-18(21)20(19)17-11-8-7-9-12-17/h7-14H,3-6,15-16,21H2,1-2H3. The molecule has 0 fully saturated rings. The lowest BCUT2D eigenvalue weighted by Gasteiger charge is -2.28. The van der Waals surface area contributed by atoms with Gasteiger partial charge >= 0.3 is 0 Å². The molecule has 2 N–H and O–H groups in total. The molecule has 22 heavy (non-hydrogen) atoms. The van der Waals surface area contributed by atoms with E-state index < -0.39 is 0 Å². The summed E-state index contributed by atoms with van der Waals surface area (Å²) in [6.45, 7) is 6.69. The normalized spacial score (nSPS) is 10.6. The molecule has 0 heterocycles. The van der Waals surface area contributed by atoms with Crippen molar-refractivity contribution in [1.29, 1.82) is 0 Å². The van der Waals surface area contributed by atoms with Crippen molar-refractivity contribution in [2.24, 2.45) is 0 Å². The van der Waals surface area contributed by atoms with Crippen LogP contribution >= 0.6 is 0 Å². The van der Waals surface area contributed by atoms with Gasteiger partial charge in [-0.3, -0.25) is 0 Å². The molecular weight excluding hydrogens is 268 g/mol. The molecule has 0 aromatic heterocycles. The van der Waals surface area contributed by atoms with E-state index in [1.807, 2.05) is 12.1 Å². The fraction of sp³-hybridized carbons (Fsp3) is 0.400. The Labute approximate surface area is 135 Å². The third kappa shape index (κ3) is 4.03. The highest BCUT2D eigenvalue weighted by Crippen LogP contribution is 2.36. The van der Waals surface area contributed by atoms with E-state index in [0.29, 0.717) is 0 Å². The lowest BCUT2D eigenvalue weighted by molar-refractivity contribution is 0.678. The second kappa shape index (κ2) is 8.47. The monoisotopic (exact) mass is 296 g/mol. The summed E-state index contributed by atoms with van der Waals surface area (Å²) in [5, 5.41) is 0.